The van der Waals surface area contributed by atoms with Gasteiger partial charge in [-0.05, 0) is 12.5 Å². The summed E-state index contributed by atoms with van der Waals surface area (Å²) in [6.07, 6.45) is 5.59. The maximum atomic E-state index is 11.4. The van der Waals surface area contributed by atoms with Crippen molar-refractivity contribution in [3.05, 3.63) is 34.2 Å². The molecule has 0 aliphatic carbocycles. The Hall–Kier alpha value is -1.94. The standard InChI is InChI=1S/C11H16NO2.C2F6NO4S2/c1-3-4-8-14-11(13)10-6-5-7-12(2)9-10;3-1(4,5)14(10,11)9-15(12,13)2(6,7)8/h5-7,9H,3-4,8H2,1-2H3;/q+1;-1. The summed E-state index contributed by atoms with van der Waals surface area (Å²) in [6, 6.07) is 3.59. The van der Waals surface area contributed by atoms with E-state index >= 15 is 0 Å². The van der Waals surface area contributed by atoms with Crippen molar-refractivity contribution in [1.29, 1.82) is 0 Å². The van der Waals surface area contributed by atoms with Crippen LogP contribution in [0.2, 0.25) is 0 Å². The Labute approximate surface area is 162 Å². The van der Waals surface area contributed by atoms with E-state index in [4.69, 9.17) is 4.74 Å². The van der Waals surface area contributed by atoms with Crippen LogP contribution >= 0.6 is 0 Å². The van der Waals surface area contributed by atoms with E-state index in [1.807, 2.05) is 23.9 Å². The fourth-order valence-corrected chi connectivity index (χ4v) is 3.02. The van der Waals surface area contributed by atoms with E-state index in [0.717, 1.165) is 17.0 Å². The van der Waals surface area contributed by atoms with E-state index in [1.54, 1.807) is 12.3 Å². The van der Waals surface area contributed by atoms with Crippen molar-refractivity contribution in [2.24, 2.45) is 7.05 Å². The van der Waals surface area contributed by atoms with Crippen molar-refractivity contribution in [3.8, 4) is 0 Å². The Morgan fingerprint density at radius 2 is 1.55 bits per heavy atom. The zero-order valence-corrected chi connectivity index (χ0v) is 16.5. The molecule has 0 spiro atoms. The fraction of sp³-hybridized carbons (Fsp3) is 0.538. The number of alkyl halides is 6. The maximum absolute atomic E-state index is 11.4. The van der Waals surface area contributed by atoms with Crippen molar-refractivity contribution in [2.45, 2.75) is 30.8 Å². The van der Waals surface area contributed by atoms with Gasteiger partial charge < -0.3 is 8.86 Å². The molecule has 0 fully saturated rings. The largest absolute Gasteiger partial charge is 0.480 e. The molecule has 8 nitrogen and oxygen atoms in total. The third kappa shape index (κ3) is 8.95. The quantitative estimate of drug-likeness (QED) is 0.271. The summed E-state index contributed by atoms with van der Waals surface area (Å²) >= 11 is 0. The van der Waals surface area contributed by atoms with Gasteiger partial charge in [-0.1, -0.05) is 13.3 Å². The number of aryl methyl sites for hydroxylation is 1. The Morgan fingerprint density at radius 3 is 1.93 bits per heavy atom. The monoisotopic (exact) mass is 474 g/mol. The van der Waals surface area contributed by atoms with Crippen LogP contribution in [0.25, 0.3) is 4.13 Å². The van der Waals surface area contributed by atoms with Gasteiger partial charge in [0.15, 0.2) is 32.4 Å². The summed E-state index contributed by atoms with van der Waals surface area (Å²) in [5.41, 5.74) is -11.8. The van der Waals surface area contributed by atoms with Crippen LogP contribution in [-0.2, 0) is 31.8 Å². The molecule has 0 saturated heterocycles. The SMILES string of the molecule is CCCCOC(=O)c1ccc[n+](C)c1.O=S(=O)([N-]S(=O)(=O)C(F)(F)F)C(F)(F)F. The minimum atomic E-state index is -6.72. The van der Waals surface area contributed by atoms with E-state index in [1.165, 1.54) is 0 Å². The average molecular weight is 474 g/mol. The minimum Gasteiger partial charge on any atom is -0.462 e. The molecule has 0 N–H and O–H groups in total. The maximum Gasteiger partial charge on any atom is 0.480 e. The van der Waals surface area contributed by atoms with Gasteiger partial charge in [-0.25, -0.2) is 26.2 Å². The zero-order chi connectivity index (χ0) is 23.1. The van der Waals surface area contributed by atoms with E-state index in [0.29, 0.717) is 12.2 Å². The van der Waals surface area contributed by atoms with Gasteiger partial charge in [0.1, 0.15) is 12.6 Å². The van der Waals surface area contributed by atoms with Crippen LogP contribution in [-0.4, -0.2) is 40.4 Å². The summed E-state index contributed by atoms with van der Waals surface area (Å²) in [5, 5.41) is 0. The fourth-order valence-electron chi connectivity index (χ4n) is 1.31. The molecule has 0 bridgehead atoms. The van der Waals surface area contributed by atoms with Gasteiger partial charge in [-0.3, -0.25) is 0 Å². The number of nitrogens with zero attached hydrogens (tertiary/aromatic N) is 2. The van der Waals surface area contributed by atoms with Crippen LogP contribution in [0.3, 0.4) is 0 Å². The molecule has 0 atom stereocenters. The van der Waals surface area contributed by atoms with Gasteiger partial charge in [-0.2, -0.15) is 26.3 Å². The first-order chi connectivity index (χ1) is 12.9. The molecule has 29 heavy (non-hydrogen) atoms. The van der Waals surface area contributed by atoms with Crippen molar-refractivity contribution in [1.82, 2.24) is 0 Å². The zero-order valence-electron chi connectivity index (χ0n) is 14.9. The first-order valence-corrected chi connectivity index (χ1v) is 10.3. The molecular weight excluding hydrogens is 458 g/mol. The highest BCUT2D eigenvalue weighted by Gasteiger charge is 2.46. The predicted molar refractivity (Wildman–Crippen MR) is 86.1 cm³/mol. The lowest BCUT2D eigenvalue weighted by Crippen LogP contribution is -2.30. The van der Waals surface area contributed by atoms with Crippen LogP contribution in [0, 0.1) is 0 Å². The number of esters is 1. The molecule has 0 aliphatic rings. The van der Waals surface area contributed by atoms with Crippen molar-refractivity contribution in [3.63, 3.8) is 0 Å². The lowest BCUT2D eigenvalue weighted by molar-refractivity contribution is -0.671. The van der Waals surface area contributed by atoms with E-state index in [9.17, 15) is 48.0 Å². The first-order valence-electron chi connectivity index (χ1n) is 7.44. The molecule has 0 unspecified atom stereocenters. The summed E-state index contributed by atoms with van der Waals surface area (Å²) in [7, 11) is -11.6. The lowest BCUT2D eigenvalue weighted by atomic mass is 10.3. The highest BCUT2D eigenvalue weighted by molar-refractivity contribution is 8.13. The van der Waals surface area contributed by atoms with Crippen LogP contribution < -0.4 is 4.57 Å². The van der Waals surface area contributed by atoms with Crippen LogP contribution in [0.4, 0.5) is 26.3 Å². The van der Waals surface area contributed by atoms with Gasteiger partial charge >= 0.3 is 17.0 Å². The van der Waals surface area contributed by atoms with Gasteiger partial charge in [0, 0.05) is 6.07 Å². The normalized spacial score (nSPS) is 12.7. The molecule has 1 aromatic heterocycles. The molecule has 16 heteroatoms. The first kappa shape index (κ1) is 27.1. The highest BCUT2D eigenvalue weighted by atomic mass is 32.3. The Kier molecular flexibility index (Phi) is 9.52. The van der Waals surface area contributed by atoms with Crippen LogP contribution in [0.15, 0.2) is 24.5 Å². The van der Waals surface area contributed by atoms with Crippen LogP contribution in [0.1, 0.15) is 30.1 Å². The summed E-state index contributed by atoms with van der Waals surface area (Å²) in [4.78, 5) is 11.4. The van der Waals surface area contributed by atoms with Gasteiger partial charge in [-0.15, -0.1) is 0 Å². The molecule has 0 aromatic carbocycles. The number of sulfonamides is 2. The molecule has 0 saturated carbocycles. The number of halogens is 6. The van der Waals surface area contributed by atoms with E-state index in [-0.39, 0.29) is 5.97 Å². The summed E-state index contributed by atoms with van der Waals surface area (Å²) < 4.78 is 116. The highest BCUT2D eigenvalue weighted by Crippen LogP contribution is 2.36. The smallest absolute Gasteiger partial charge is 0.462 e. The van der Waals surface area contributed by atoms with Crippen molar-refractivity contribution < 1.29 is 57.3 Å². The summed E-state index contributed by atoms with van der Waals surface area (Å²) in [5.74, 6) is -0.241. The Balaban J connectivity index is 0.000000541. The lowest BCUT2D eigenvalue weighted by Gasteiger charge is -2.22. The topological polar surface area (TPSA) is 113 Å². The van der Waals surface area contributed by atoms with Crippen molar-refractivity contribution in [2.75, 3.05) is 6.61 Å². The molecule has 1 rings (SSSR count). The molecule has 0 aliphatic heterocycles. The molecule has 0 amide bonds. The van der Waals surface area contributed by atoms with Gasteiger partial charge in [0.05, 0.1) is 6.61 Å². The number of aromatic nitrogens is 1. The molecule has 0 radical (unpaired) electrons. The minimum absolute atomic E-state index is 0.241. The number of hydrogen-bond acceptors (Lipinski definition) is 6. The number of rotatable bonds is 6. The number of carbonyl (C=O) groups excluding carboxylic acids is 1. The number of pyridine rings is 1. The second kappa shape index (κ2) is 10.2. The third-order valence-electron chi connectivity index (χ3n) is 2.69. The van der Waals surface area contributed by atoms with E-state index in [2.05, 4.69) is 6.92 Å². The second-order valence-electron chi connectivity index (χ2n) is 5.16. The van der Waals surface area contributed by atoms with Crippen molar-refractivity contribution >= 4 is 26.0 Å². The van der Waals surface area contributed by atoms with Gasteiger partial charge in [0.25, 0.3) is 0 Å². The predicted octanol–water partition coefficient (Wildman–Crippen LogP) is 2.53. The Morgan fingerprint density at radius 1 is 1.07 bits per heavy atom. The number of unbranched alkanes of at least 4 members (excludes halogenated alkanes) is 1. The molecular formula is C13H16F6N2O6S2. The van der Waals surface area contributed by atoms with Gasteiger partial charge in [0.2, 0.25) is 0 Å². The van der Waals surface area contributed by atoms with Crippen LogP contribution in [0.5, 0.6) is 0 Å². The average Bonchev–Trinajstić information content (AvgIpc) is 2.52. The molecule has 1 aromatic rings. The number of hydrogen-bond donors (Lipinski definition) is 0. The second-order valence-corrected chi connectivity index (χ2v) is 8.59. The van der Waals surface area contributed by atoms with E-state index < -0.39 is 31.1 Å². The number of ether oxygens (including phenoxy) is 1. The Bertz CT molecular complexity index is 855. The summed E-state index contributed by atoms with van der Waals surface area (Å²) in [6.45, 7) is 2.57. The number of carbonyl (C=O) groups is 1. The molecule has 168 valence electrons. The molecule has 1 heterocycles. The third-order valence-corrected chi connectivity index (χ3v) is 5.43.